The maximum Gasteiger partial charge on any atom is 0.244 e. The quantitative estimate of drug-likeness (QED) is 0.927. The highest BCUT2D eigenvalue weighted by Gasteiger charge is 2.26. The fourth-order valence-electron chi connectivity index (χ4n) is 2.83. The summed E-state index contributed by atoms with van der Waals surface area (Å²) in [6, 6.07) is 5.53. The molecule has 1 saturated carbocycles. The van der Waals surface area contributed by atoms with E-state index in [0.29, 0.717) is 5.02 Å². The van der Waals surface area contributed by atoms with Crippen molar-refractivity contribution in [3.05, 3.63) is 28.8 Å². The van der Waals surface area contributed by atoms with E-state index in [9.17, 15) is 9.59 Å². The van der Waals surface area contributed by atoms with Crippen LogP contribution in [0.4, 0.5) is 5.69 Å². The topological polar surface area (TPSA) is 49.4 Å². The summed E-state index contributed by atoms with van der Waals surface area (Å²) in [5.74, 6) is -0.201. The number of hydrogen-bond donors (Lipinski definition) is 1. The molecule has 0 aliphatic heterocycles. The Morgan fingerprint density at radius 3 is 2.57 bits per heavy atom. The number of anilines is 1. The third-order valence-electron chi connectivity index (χ3n) is 3.95. The highest BCUT2D eigenvalue weighted by molar-refractivity contribution is 6.30. The van der Waals surface area contributed by atoms with Crippen molar-refractivity contribution >= 4 is 29.1 Å². The monoisotopic (exact) mass is 308 g/mol. The summed E-state index contributed by atoms with van der Waals surface area (Å²) in [6.45, 7) is 3.53. The second-order valence-electron chi connectivity index (χ2n) is 5.59. The summed E-state index contributed by atoms with van der Waals surface area (Å²) in [7, 11) is 0. The standard InChI is InChI=1S/C16H21ClN2O2/c1-11-9-13(17)7-8-15(11)18-16(21)10-19(12(2)20)14-5-3-4-6-14/h7-9,14H,3-6,10H2,1-2H3,(H,18,21). The second-order valence-corrected chi connectivity index (χ2v) is 6.03. The highest BCUT2D eigenvalue weighted by Crippen LogP contribution is 2.24. The molecule has 0 atom stereocenters. The minimum atomic E-state index is -0.164. The van der Waals surface area contributed by atoms with Crippen molar-refractivity contribution in [1.82, 2.24) is 4.90 Å². The number of halogens is 1. The largest absolute Gasteiger partial charge is 0.331 e. The molecule has 0 heterocycles. The van der Waals surface area contributed by atoms with Crippen LogP contribution in [-0.4, -0.2) is 29.3 Å². The minimum Gasteiger partial charge on any atom is -0.331 e. The number of nitrogens with zero attached hydrogens (tertiary/aromatic N) is 1. The van der Waals surface area contributed by atoms with Crippen molar-refractivity contribution in [1.29, 1.82) is 0 Å². The molecule has 5 heteroatoms. The van der Waals surface area contributed by atoms with Crippen LogP contribution in [0, 0.1) is 6.92 Å². The molecule has 0 unspecified atom stereocenters. The molecular formula is C16H21ClN2O2. The summed E-state index contributed by atoms with van der Waals surface area (Å²) in [4.78, 5) is 25.6. The maximum atomic E-state index is 12.2. The number of carbonyl (C=O) groups excluding carboxylic acids is 2. The normalized spacial score (nSPS) is 15.0. The van der Waals surface area contributed by atoms with E-state index in [1.807, 2.05) is 6.92 Å². The van der Waals surface area contributed by atoms with Gasteiger partial charge < -0.3 is 10.2 Å². The summed E-state index contributed by atoms with van der Waals surface area (Å²) < 4.78 is 0. The third kappa shape index (κ3) is 4.21. The zero-order valence-corrected chi connectivity index (χ0v) is 13.2. The van der Waals surface area contributed by atoms with Crippen molar-refractivity contribution in [2.45, 2.75) is 45.6 Å². The number of benzene rings is 1. The molecule has 0 radical (unpaired) electrons. The Balaban J connectivity index is 2.00. The molecule has 0 saturated heterocycles. The van der Waals surface area contributed by atoms with E-state index in [0.717, 1.165) is 36.9 Å². The van der Waals surface area contributed by atoms with Crippen LogP contribution >= 0.6 is 11.6 Å². The number of carbonyl (C=O) groups is 2. The number of nitrogens with one attached hydrogen (secondary N) is 1. The molecule has 0 bridgehead atoms. The van der Waals surface area contributed by atoms with Crippen molar-refractivity contribution in [2.24, 2.45) is 0 Å². The van der Waals surface area contributed by atoms with Gasteiger partial charge in [0.15, 0.2) is 0 Å². The third-order valence-corrected chi connectivity index (χ3v) is 4.18. The Kier molecular flexibility index (Phi) is 5.23. The lowest BCUT2D eigenvalue weighted by Crippen LogP contribution is -2.42. The number of rotatable bonds is 4. The Bertz CT molecular complexity index is 539. The summed E-state index contributed by atoms with van der Waals surface area (Å²) in [5.41, 5.74) is 1.64. The molecule has 1 aliphatic rings. The minimum absolute atomic E-state index is 0.0371. The summed E-state index contributed by atoms with van der Waals surface area (Å²) >= 11 is 5.90. The van der Waals surface area contributed by atoms with Crippen molar-refractivity contribution in [3.8, 4) is 0 Å². The zero-order valence-electron chi connectivity index (χ0n) is 12.5. The fourth-order valence-corrected chi connectivity index (χ4v) is 3.05. The SMILES string of the molecule is CC(=O)N(CC(=O)Nc1ccc(Cl)cc1C)C1CCCC1. The molecule has 4 nitrogen and oxygen atoms in total. The molecule has 2 amide bonds. The molecule has 2 rings (SSSR count). The molecule has 1 N–H and O–H groups in total. The van der Waals surface area contributed by atoms with E-state index in [2.05, 4.69) is 5.32 Å². The first-order chi connectivity index (χ1) is 9.97. The Morgan fingerprint density at radius 2 is 2.00 bits per heavy atom. The molecule has 0 spiro atoms. The van der Waals surface area contributed by atoms with Gasteiger partial charge in [0.1, 0.15) is 6.54 Å². The first kappa shape index (κ1) is 15.8. The fraction of sp³-hybridized carbons (Fsp3) is 0.500. The smallest absolute Gasteiger partial charge is 0.244 e. The van der Waals surface area contributed by atoms with Gasteiger partial charge in [-0.2, -0.15) is 0 Å². The van der Waals surface area contributed by atoms with E-state index in [1.165, 1.54) is 6.92 Å². The van der Waals surface area contributed by atoms with Crippen LogP contribution in [0.5, 0.6) is 0 Å². The lowest BCUT2D eigenvalue weighted by Gasteiger charge is -2.27. The van der Waals surface area contributed by atoms with E-state index in [4.69, 9.17) is 11.6 Å². The number of aryl methyl sites for hydroxylation is 1. The van der Waals surface area contributed by atoms with Crippen molar-refractivity contribution < 1.29 is 9.59 Å². The Labute approximate surface area is 130 Å². The van der Waals surface area contributed by atoms with Crippen LogP contribution in [0.25, 0.3) is 0 Å². The van der Waals surface area contributed by atoms with Gasteiger partial charge in [0.25, 0.3) is 0 Å². The maximum absolute atomic E-state index is 12.2. The van der Waals surface area contributed by atoms with Gasteiger partial charge in [-0.25, -0.2) is 0 Å². The van der Waals surface area contributed by atoms with Gasteiger partial charge in [-0.3, -0.25) is 9.59 Å². The summed E-state index contributed by atoms with van der Waals surface area (Å²) in [6.07, 6.45) is 4.25. The predicted molar refractivity (Wildman–Crippen MR) is 84.5 cm³/mol. The lowest BCUT2D eigenvalue weighted by molar-refractivity contribution is -0.135. The molecule has 1 fully saturated rings. The molecular weight excluding hydrogens is 288 g/mol. The van der Waals surface area contributed by atoms with Gasteiger partial charge in [0, 0.05) is 23.7 Å². The summed E-state index contributed by atoms with van der Waals surface area (Å²) in [5, 5.41) is 3.50. The molecule has 0 aromatic heterocycles. The van der Waals surface area contributed by atoms with Gasteiger partial charge in [-0.15, -0.1) is 0 Å². The van der Waals surface area contributed by atoms with E-state index in [1.54, 1.807) is 23.1 Å². The van der Waals surface area contributed by atoms with Crippen LogP contribution in [0.15, 0.2) is 18.2 Å². The van der Waals surface area contributed by atoms with Gasteiger partial charge in [0.2, 0.25) is 11.8 Å². The average molecular weight is 309 g/mol. The molecule has 114 valence electrons. The van der Waals surface area contributed by atoms with Crippen molar-refractivity contribution in [2.75, 3.05) is 11.9 Å². The van der Waals surface area contributed by atoms with Gasteiger partial charge >= 0.3 is 0 Å². The van der Waals surface area contributed by atoms with E-state index >= 15 is 0 Å². The Hall–Kier alpha value is -1.55. The second kappa shape index (κ2) is 6.94. The lowest BCUT2D eigenvalue weighted by atomic mass is 10.2. The van der Waals surface area contributed by atoms with E-state index in [-0.39, 0.29) is 24.4 Å². The Morgan fingerprint density at radius 1 is 1.33 bits per heavy atom. The average Bonchev–Trinajstić information content (AvgIpc) is 2.92. The predicted octanol–water partition coefficient (Wildman–Crippen LogP) is 3.38. The van der Waals surface area contributed by atoms with Crippen LogP contribution < -0.4 is 5.32 Å². The van der Waals surface area contributed by atoms with Crippen LogP contribution in [-0.2, 0) is 9.59 Å². The van der Waals surface area contributed by atoms with Gasteiger partial charge in [-0.1, -0.05) is 24.4 Å². The number of hydrogen-bond acceptors (Lipinski definition) is 2. The van der Waals surface area contributed by atoms with Gasteiger partial charge in [0.05, 0.1) is 0 Å². The molecule has 1 aliphatic carbocycles. The molecule has 21 heavy (non-hydrogen) atoms. The van der Waals surface area contributed by atoms with Crippen LogP contribution in [0.2, 0.25) is 5.02 Å². The first-order valence-corrected chi connectivity index (χ1v) is 7.68. The molecule has 1 aromatic rings. The zero-order chi connectivity index (χ0) is 15.4. The molecule has 1 aromatic carbocycles. The van der Waals surface area contributed by atoms with E-state index < -0.39 is 0 Å². The first-order valence-electron chi connectivity index (χ1n) is 7.30. The van der Waals surface area contributed by atoms with Crippen LogP contribution in [0.1, 0.15) is 38.2 Å². The van der Waals surface area contributed by atoms with Crippen molar-refractivity contribution in [3.63, 3.8) is 0 Å². The number of amides is 2. The van der Waals surface area contributed by atoms with Crippen LogP contribution in [0.3, 0.4) is 0 Å². The van der Waals surface area contributed by atoms with Gasteiger partial charge in [-0.05, 0) is 43.5 Å². The highest BCUT2D eigenvalue weighted by atomic mass is 35.5.